The molecule has 0 spiro atoms. The summed E-state index contributed by atoms with van der Waals surface area (Å²) in [7, 11) is 1.67. The number of methoxy groups -OCH3 is 1. The summed E-state index contributed by atoms with van der Waals surface area (Å²) in [5.41, 5.74) is 0. The van der Waals surface area contributed by atoms with Gasteiger partial charge in [0, 0.05) is 13.7 Å². The molecule has 0 unspecified atom stereocenters. The molecule has 0 fully saturated rings. The van der Waals surface area contributed by atoms with Gasteiger partial charge in [0.25, 0.3) is 0 Å². The van der Waals surface area contributed by atoms with E-state index in [1.165, 1.54) is 0 Å². The van der Waals surface area contributed by atoms with Crippen LogP contribution < -0.4 is 0 Å². The van der Waals surface area contributed by atoms with Crippen LogP contribution in [0.15, 0.2) is 0 Å². The van der Waals surface area contributed by atoms with E-state index in [1.54, 1.807) is 7.11 Å². The van der Waals surface area contributed by atoms with Gasteiger partial charge in [0.05, 0.1) is 13.2 Å². The van der Waals surface area contributed by atoms with Crippen molar-refractivity contribution in [1.82, 2.24) is 0 Å². The Labute approximate surface area is 57.6 Å². The lowest BCUT2D eigenvalue weighted by Gasteiger charge is -1.96. The van der Waals surface area contributed by atoms with Crippen LogP contribution in [0.1, 0.15) is 6.92 Å². The summed E-state index contributed by atoms with van der Waals surface area (Å²) in [6.07, 6.45) is 0. The molecule has 0 heterocycles. The molecule has 0 atom stereocenters. The van der Waals surface area contributed by atoms with Gasteiger partial charge in [0.1, 0.15) is 0 Å². The third-order valence-electron chi connectivity index (χ3n) is 0.636. The van der Waals surface area contributed by atoms with E-state index in [0.29, 0.717) is 13.2 Å². The van der Waals surface area contributed by atoms with Crippen molar-refractivity contribution >= 4 is 13.5 Å². The second-order valence-corrected chi connectivity index (χ2v) is 1.19. The smallest absolute Gasteiger partial charge is 0.0700 e. The van der Waals surface area contributed by atoms with Crippen LogP contribution in [-0.4, -0.2) is 26.9 Å². The van der Waals surface area contributed by atoms with E-state index < -0.39 is 0 Å². The van der Waals surface area contributed by atoms with Crippen molar-refractivity contribution in [3.05, 3.63) is 0 Å². The third kappa shape index (κ3) is 9.55. The molecule has 0 aromatic heterocycles. The van der Waals surface area contributed by atoms with Gasteiger partial charge in [-0.25, -0.2) is 0 Å². The summed E-state index contributed by atoms with van der Waals surface area (Å²) in [5, 5.41) is 0. The average molecular weight is 138 g/mol. The van der Waals surface area contributed by atoms with E-state index in [4.69, 9.17) is 9.47 Å². The first kappa shape index (κ1) is 11.1. The fraction of sp³-hybridized carbons (Fsp3) is 1.00. The van der Waals surface area contributed by atoms with Crippen LogP contribution in [0.3, 0.4) is 0 Å². The molecule has 0 radical (unpaired) electrons. The second kappa shape index (κ2) is 10.3. The van der Waals surface area contributed by atoms with Crippen molar-refractivity contribution in [3.63, 3.8) is 0 Å². The molecule has 0 aromatic carbocycles. The SMILES string of the molecule is CCOCCOC.S. The quantitative estimate of drug-likeness (QED) is 0.534. The maximum absolute atomic E-state index is 4.95. The number of rotatable bonds is 4. The summed E-state index contributed by atoms with van der Waals surface area (Å²) < 4.78 is 9.67. The lowest BCUT2D eigenvalue weighted by atomic mass is 10.7. The fourth-order valence-corrected chi connectivity index (χ4v) is 0.287. The van der Waals surface area contributed by atoms with Crippen molar-refractivity contribution in [2.45, 2.75) is 6.92 Å². The molecule has 0 aliphatic rings. The fourth-order valence-electron chi connectivity index (χ4n) is 0.287. The highest BCUT2D eigenvalue weighted by Gasteiger charge is 1.78. The van der Waals surface area contributed by atoms with Crippen LogP contribution in [0.25, 0.3) is 0 Å². The monoisotopic (exact) mass is 138 g/mol. The van der Waals surface area contributed by atoms with Crippen LogP contribution in [0, 0.1) is 0 Å². The van der Waals surface area contributed by atoms with E-state index in [9.17, 15) is 0 Å². The van der Waals surface area contributed by atoms with E-state index in [1.807, 2.05) is 6.92 Å². The Morgan fingerprint density at radius 2 is 1.88 bits per heavy atom. The molecular formula is C5H14O2S. The van der Waals surface area contributed by atoms with Crippen molar-refractivity contribution in [2.24, 2.45) is 0 Å². The van der Waals surface area contributed by atoms with Crippen LogP contribution in [0.4, 0.5) is 0 Å². The molecule has 0 amide bonds. The molecule has 0 aliphatic carbocycles. The van der Waals surface area contributed by atoms with Crippen LogP contribution in [0.2, 0.25) is 0 Å². The molecule has 0 N–H and O–H groups in total. The zero-order chi connectivity index (χ0) is 5.54. The van der Waals surface area contributed by atoms with Crippen molar-refractivity contribution < 1.29 is 9.47 Å². The van der Waals surface area contributed by atoms with Gasteiger partial charge >= 0.3 is 0 Å². The summed E-state index contributed by atoms with van der Waals surface area (Å²) in [5.74, 6) is 0. The molecule has 0 aromatic rings. The number of hydrogen-bond acceptors (Lipinski definition) is 2. The van der Waals surface area contributed by atoms with E-state index in [-0.39, 0.29) is 13.5 Å². The molecule has 0 bridgehead atoms. The van der Waals surface area contributed by atoms with Gasteiger partial charge in [0.15, 0.2) is 0 Å². The first-order chi connectivity index (χ1) is 3.41. The maximum Gasteiger partial charge on any atom is 0.0700 e. The molecule has 0 rings (SSSR count). The topological polar surface area (TPSA) is 18.5 Å². The van der Waals surface area contributed by atoms with Gasteiger partial charge in [0.2, 0.25) is 0 Å². The summed E-state index contributed by atoms with van der Waals surface area (Å²) in [6.45, 7) is 4.17. The molecule has 0 aliphatic heterocycles. The Kier molecular flexibility index (Phi) is 14.3. The van der Waals surface area contributed by atoms with Gasteiger partial charge in [-0.15, -0.1) is 0 Å². The largest absolute Gasteiger partial charge is 0.382 e. The van der Waals surface area contributed by atoms with Crippen LogP contribution in [-0.2, 0) is 9.47 Å². The normalized spacial score (nSPS) is 8.25. The molecular weight excluding hydrogens is 124 g/mol. The van der Waals surface area contributed by atoms with Crippen LogP contribution >= 0.6 is 13.5 Å². The van der Waals surface area contributed by atoms with E-state index >= 15 is 0 Å². The predicted octanol–water partition coefficient (Wildman–Crippen LogP) is 0.782. The molecule has 3 heteroatoms. The highest BCUT2D eigenvalue weighted by molar-refractivity contribution is 7.59. The summed E-state index contributed by atoms with van der Waals surface area (Å²) in [4.78, 5) is 0. The lowest BCUT2D eigenvalue weighted by Crippen LogP contribution is -2.00. The predicted molar refractivity (Wildman–Crippen MR) is 38.8 cm³/mol. The lowest BCUT2D eigenvalue weighted by molar-refractivity contribution is 0.0777. The zero-order valence-corrected chi connectivity index (χ0v) is 6.44. The molecule has 0 saturated heterocycles. The Bertz CT molecular complexity index is 29.6. The van der Waals surface area contributed by atoms with Gasteiger partial charge in [-0.2, -0.15) is 13.5 Å². The minimum atomic E-state index is 0. The van der Waals surface area contributed by atoms with E-state index in [2.05, 4.69) is 0 Å². The van der Waals surface area contributed by atoms with Crippen molar-refractivity contribution in [3.8, 4) is 0 Å². The Hall–Kier alpha value is 0.270. The molecule has 2 nitrogen and oxygen atoms in total. The highest BCUT2D eigenvalue weighted by Crippen LogP contribution is 1.71. The van der Waals surface area contributed by atoms with Crippen LogP contribution in [0.5, 0.6) is 0 Å². The van der Waals surface area contributed by atoms with Gasteiger partial charge < -0.3 is 9.47 Å². The first-order valence-electron chi connectivity index (χ1n) is 2.48. The first-order valence-corrected chi connectivity index (χ1v) is 2.48. The molecule has 52 valence electrons. The Balaban J connectivity index is 0. The third-order valence-corrected chi connectivity index (χ3v) is 0.636. The van der Waals surface area contributed by atoms with Gasteiger partial charge in [-0.1, -0.05) is 0 Å². The Morgan fingerprint density at radius 1 is 1.25 bits per heavy atom. The molecule has 0 saturated carbocycles. The minimum absolute atomic E-state index is 0. The van der Waals surface area contributed by atoms with E-state index in [0.717, 1.165) is 6.61 Å². The van der Waals surface area contributed by atoms with Crippen molar-refractivity contribution in [1.29, 1.82) is 0 Å². The number of hydrogen-bond donors (Lipinski definition) is 0. The average Bonchev–Trinajstić information content (AvgIpc) is 1.69. The highest BCUT2D eigenvalue weighted by atomic mass is 32.1. The zero-order valence-electron chi connectivity index (χ0n) is 5.44. The minimum Gasteiger partial charge on any atom is -0.382 e. The maximum atomic E-state index is 4.95. The molecule has 8 heavy (non-hydrogen) atoms. The van der Waals surface area contributed by atoms with Gasteiger partial charge in [-0.05, 0) is 6.92 Å². The standard InChI is InChI=1S/C5H12O2.H2S/c1-3-7-5-4-6-2;/h3-5H2,1-2H3;1H2. The van der Waals surface area contributed by atoms with Gasteiger partial charge in [-0.3, -0.25) is 0 Å². The summed E-state index contributed by atoms with van der Waals surface area (Å²) in [6, 6.07) is 0. The van der Waals surface area contributed by atoms with Crippen molar-refractivity contribution in [2.75, 3.05) is 26.9 Å². The Morgan fingerprint density at radius 3 is 2.25 bits per heavy atom. The second-order valence-electron chi connectivity index (χ2n) is 1.19. The summed E-state index contributed by atoms with van der Waals surface area (Å²) >= 11 is 0. The number of ether oxygens (including phenoxy) is 2.